The lowest BCUT2D eigenvalue weighted by atomic mass is 9.64. The molecule has 0 saturated heterocycles. The van der Waals surface area contributed by atoms with Crippen molar-refractivity contribution < 1.29 is 32.3 Å². The summed E-state index contributed by atoms with van der Waals surface area (Å²) in [6.45, 7) is 54.7. The van der Waals surface area contributed by atoms with Gasteiger partial charge in [-0.15, -0.1) is 0 Å². The van der Waals surface area contributed by atoms with E-state index >= 15 is 0 Å². The molecule has 0 N–H and O–H groups in total. The van der Waals surface area contributed by atoms with Crippen molar-refractivity contribution in [1.82, 2.24) is 0 Å². The second-order valence-electron chi connectivity index (χ2n) is 29.9. The van der Waals surface area contributed by atoms with Crippen molar-refractivity contribution in [1.29, 1.82) is 0 Å². The van der Waals surface area contributed by atoms with E-state index in [-0.39, 0.29) is 55.7 Å². The van der Waals surface area contributed by atoms with Crippen molar-refractivity contribution in [3.63, 3.8) is 0 Å². The maximum absolute atomic E-state index is 12.8. The van der Waals surface area contributed by atoms with Crippen LogP contribution in [0.2, 0.25) is 0 Å². The maximum atomic E-state index is 12.8. The third-order valence-electron chi connectivity index (χ3n) is 11.9. The third kappa shape index (κ3) is 25.8. The zero-order valence-electron chi connectivity index (χ0n) is 46.6. The molecule has 0 aliphatic heterocycles. The monoisotopic (exact) mass is 899 g/mol. The number of carbonyl (C=O) groups excluding carboxylic acids is 4. The standard InChI is InChI=1S/C15H28O.C15H30O.C14H26O.C12H21F3O/c1-13(2,3)11-15(9-7-8-10-15)12(16)14(4,5)6;1-13(2,3)10-11(14(4,5)6)12(16)15(7,8)9;1-13(2,3)9-11(10-7-8-10)12(15)14(4,5)6;1-10(2,3)7-8(12(13,14)15)9(16)11(4,5)6/h7-11H2,1-6H3;11H,10H2,1-9H3;10-11H,7-9H2,1-6H3;8H,7H2,1-6H3. The van der Waals surface area contributed by atoms with Crippen LogP contribution in [0.25, 0.3) is 0 Å². The van der Waals surface area contributed by atoms with Gasteiger partial charge < -0.3 is 0 Å². The molecule has 2 aliphatic rings. The molecule has 0 aromatic heterocycles. The molecule has 0 spiro atoms. The summed E-state index contributed by atoms with van der Waals surface area (Å²) in [7, 11) is 0. The maximum Gasteiger partial charge on any atom is 0.398 e. The van der Waals surface area contributed by atoms with E-state index in [0.29, 0.717) is 29.2 Å². The van der Waals surface area contributed by atoms with Crippen LogP contribution in [0.4, 0.5) is 13.2 Å². The van der Waals surface area contributed by atoms with Crippen LogP contribution in [0, 0.1) is 77.8 Å². The highest BCUT2D eigenvalue weighted by Crippen LogP contribution is 2.50. The fourth-order valence-corrected chi connectivity index (χ4v) is 8.95. The zero-order chi connectivity index (χ0) is 51.2. The predicted octanol–water partition coefficient (Wildman–Crippen LogP) is 17.6. The molecule has 0 aromatic rings. The van der Waals surface area contributed by atoms with Gasteiger partial charge in [-0.1, -0.05) is 200 Å². The lowest BCUT2D eigenvalue weighted by Gasteiger charge is -2.38. The molecule has 2 fully saturated rings. The lowest BCUT2D eigenvalue weighted by molar-refractivity contribution is -0.191. The molecule has 2 saturated carbocycles. The van der Waals surface area contributed by atoms with Crippen LogP contribution in [-0.4, -0.2) is 29.3 Å². The van der Waals surface area contributed by atoms with Gasteiger partial charge in [0.1, 0.15) is 29.1 Å². The first-order chi connectivity index (χ1) is 27.2. The number of halogens is 3. The second-order valence-corrected chi connectivity index (χ2v) is 29.9. The van der Waals surface area contributed by atoms with Crippen molar-refractivity contribution in [2.24, 2.45) is 77.8 Å². The van der Waals surface area contributed by atoms with Crippen molar-refractivity contribution >= 4 is 23.1 Å². The van der Waals surface area contributed by atoms with Gasteiger partial charge in [-0.2, -0.15) is 13.2 Å². The average molecular weight is 899 g/mol. The number of hydrogen-bond acceptors (Lipinski definition) is 4. The van der Waals surface area contributed by atoms with E-state index in [1.165, 1.54) is 46.5 Å². The topological polar surface area (TPSA) is 68.3 Å². The Morgan fingerprint density at radius 2 is 0.762 bits per heavy atom. The number of alkyl halides is 3. The summed E-state index contributed by atoms with van der Waals surface area (Å²) in [4.78, 5) is 49.2. The van der Waals surface area contributed by atoms with Crippen LogP contribution in [0.1, 0.15) is 251 Å². The summed E-state index contributed by atoms with van der Waals surface area (Å²) in [6.07, 6.45) is 5.68. The summed E-state index contributed by atoms with van der Waals surface area (Å²) >= 11 is 0. The molecule has 3 atom stereocenters. The molecular formula is C56H105F3O4. The molecule has 0 radical (unpaired) electrons. The molecule has 7 heteroatoms. The van der Waals surface area contributed by atoms with Crippen LogP contribution in [0.5, 0.6) is 0 Å². The Labute approximate surface area is 389 Å². The van der Waals surface area contributed by atoms with Gasteiger partial charge in [0.05, 0.1) is 0 Å². The fourth-order valence-electron chi connectivity index (χ4n) is 8.95. The van der Waals surface area contributed by atoms with E-state index in [9.17, 15) is 32.3 Å². The van der Waals surface area contributed by atoms with E-state index in [1.54, 1.807) is 20.8 Å². The van der Waals surface area contributed by atoms with Gasteiger partial charge in [0.15, 0.2) is 0 Å². The van der Waals surface area contributed by atoms with Crippen LogP contribution in [-0.2, 0) is 19.2 Å². The van der Waals surface area contributed by atoms with Crippen molar-refractivity contribution in [3.8, 4) is 0 Å². The van der Waals surface area contributed by atoms with Crippen molar-refractivity contribution in [3.05, 3.63) is 0 Å². The van der Waals surface area contributed by atoms with Gasteiger partial charge >= 0.3 is 6.18 Å². The Hall–Kier alpha value is -1.53. The smallest absolute Gasteiger partial charge is 0.299 e. The predicted molar refractivity (Wildman–Crippen MR) is 264 cm³/mol. The van der Waals surface area contributed by atoms with E-state index in [0.717, 1.165) is 32.1 Å². The minimum Gasteiger partial charge on any atom is -0.299 e. The molecule has 3 unspecified atom stereocenters. The van der Waals surface area contributed by atoms with Crippen LogP contribution >= 0.6 is 0 Å². The quantitative estimate of drug-likeness (QED) is 0.231. The summed E-state index contributed by atoms with van der Waals surface area (Å²) < 4.78 is 38.4. The number of hydrogen-bond donors (Lipinski definition) is 0. The fraction of sp³-hybridized carbons (Fsp3) is 0.929. The number of Topliss-reactive ketones (excluding diaryl/α,β-unsaturated/α-hetero) is 4. The molecule has 63 heavy (non-hydrogen) atoms. The molecule has 0 aromatic carbocycles. The molecule has 374 valence electrons. The first kappa shape index (κ1) is 63.6. The van der Waals surface area contributed by atoms with E-state index < -0.39 is 28.7 Å². The Bertz CT molecular complexity index is 1380. The molecule has 2 aliphatic carbocycles. The van der Waals surface area contributed by atoms with Crippen molar-refractivity contribution in [2.45, 2.75) is 257 Å². The van der Waals surface area contributed by atoms with E-state index in [4.69, 9.17) is 0 Å². The summed E-state index contributed by atoms with van der Waals surface area (Å²) in [5.41, 5.74) is -1.28. The van der Waals surface area contributed by atoms with E-state index in [2.05, 4.69) is 104 Å². The molecule has 4 nitrogen and oxygen atoms in total. The van der Waals surface area contributed by atoms with Crippen molar-refractivity contribution in [2.75, 3.05) is 0 Å². The second kappa shape index (κ2) is 22.1. The van der Waals surface area contributed by atoms with Crippen LogP contribution in [0.15, 0.2) is 0 Å². The zero-order valence-corrected chi connectivity index (χ0v) is 46.6. The van der Waals surface area contributed by atoms with Gasteiger partial charge in [0.2, 0.25) is 0 Å². The Morgan fingerprint density at radius 1 is 0.444 bits per heavy atom. The Balaban J connectivity index is 0. The highest BCUT2D eigenvalue weighted by molar-refractivity contribution is 5.90. The number of ketones is 4. The molecule has 0 amide bonds. The average Bonchev–Trinajstić information content (AvgIpc) is 3.74. The number of carbonyl (C=O) groups is 4. The summed E-state index contributed by atoms with van der Waals surface area (Å²) in [6, 6.07) is 0. The highest BCUT2D eigenvalue weighted by Gasteiger charge is 2.50. The third-order valence-corrected chi connectivity index (χ3v) is 11.9. The lowest BCUT2D eigenvalue weighted by Crippen LogP contribution is -2.40. The summed E-state index contributed by atoms with van der Waals surface area (Å²) in [5, 5.41) is 0. The van der Waals surface area contributed by atoms with E-state index in [1.807, 2.05) is 41.5 Å². The van der Waals surface area contributed by atoms with Gasteiger partial charge in [-0.25, -0.2) is 0 Å². The van der Waals surface area contributed by atoms with Gasteiger partial charge in [0.25, 0.3) is 0 Å². The molecule has 0 heterocycles. The van der Waals surface area contributed by atoms with Crippen LogP contribution in [0.3, 0.4) is 0 Å². The summed E-state index contributed by atoms with van der Waals surface area (Å²) in [5.74, 6) is -0.0712. The minimum atomic E-state index is -4.45. The van der Waals surface area contributed by atoms with Gasteiger partial charge in [0, 0.05) is 38.9 Å². The highest BCUT2D eigenvalue weighted by atomic mass is 19.4. The Morgan fingerprint density at radius 3 is 1.00 bits per heavy atom. The van der Waals surface area contributed by atoms with Gasteiger partial charge in [-0.05, 0) is 84.4 Å². The largest absolute Gasteiger partial charge is 0.398 e. The van der Waals surface area contributed by atoms with Crippen LogP contribution < -0.4 is 0 Å². The SMILES string of the molecule is CC(C)(C)CC(C(=O)C(C)(C)C)C(C)(C)C.CC(C)(C)CC(C(=O)C(C)(C)C)C(F)(F)F.CC(C)(C)CC(C(=O)C(C)(C)C)C1CC1.CC(C)(C)CC1(C(=O)C(C)(C)C)CCCC1. The van der Waals surface area contributed by atoms with Gasteiger partial charge in [-0.3, -0.25) is 19.2 Å². The Kier molecular flexibility index (Phi) is 22.3. The minimum absolute atomic E-state index is 0.0174. The first-order valence-electron chi connectivity index (χ1n) is 24.4. The normalized spacial score (nSPS) is 18.3. The number of rotatable bonds is 9. The molecule has 2 rings (SSSR count). The molecule has 0 bridgehead atoms. The molecular weight excluding hydrogens is 794 g/mol. The first-order valence-corrected chi connectivity index (χ1v) is 24.4.